The first kappa shape index (κ1) is 8.20. The monoisotopic (exact) mass is 226 g/mol. The molecule has 0 saturated carbocycles. The minimum Gasteiger partial charge on any atom is -0.316 e. The van der Waals surface area contributed by atoms with Gasteiger partial charge in [-0.3, -0.25) is 0 Å². The standard InChI is InChI=1S/C9H11BrN2/c10-9-3-1-2-8(12-9)7-4-5-11-6-7/h1-3,7,11H,4-6H2/t7-/m0/s1. The average Bonchev–Trinajstić information content (AvgIpc) is 2.56. The zero-order valence-electron chi connectivity index (χ0n) is 6.76. The Morgan fingerprint density at radius 2 is 2.42 bits per heavy atom. The summed E-state index contributed by atoms with van der Waals surface area (Å²) in [4.78, 5) is 4.43. The van der Waals surface area contributed by atoms with Crippen molar-refractivity contribution >= 4 is 15.9 Å². The predicted octanol–water partition coefficient (Wildman–Crippen LogP) is 1.92. The fraction of sp³-hybridized carbons (Fsp3) is 0.444. The van der Waals surface area contributed by atoms with E-state index < -0.39 is 0 Å². The second-order valence-corrected chi connectivity index (χ2v) is 3.89. The van der Waals surface area contributed by atoms with Gasteiger partial charge in [0.05, 0.1) is 0 Å². The van der Waals surface area contributed by atoms with Crippen LogP contribution in [0.5, 0.6) is 0 Å². The lowest BCUT2D eigenvalue weighted by Crippen LogP contribution is -2.08. The summed E-state index contributed by atoms with van der Waals surface area (Å²) in [6.45, 7) is 2.20. The lowest BCUT2D eigenvalue weighted by Gasteiger charge is -2.06. The van der Waals surface area contributed by atoms with Crippen molar-refractivity contribution in [2.24, 2.45) is 0 Å². The van der Waals surface area contributed by atoms with Crippen LogP contribution in [-0.4, -0.2) is 18.1 Å². The summed E-state index contributed by atoms with van der Waals surface area (Å²) in [6.07, 6.45) is 1.21. The molecule has 0 unspecified atom stereocenters. The summed E-state index contributed by atoms with van der Waals surface area (Å²) in [6, 6.07) is 6.11. The van der Waals surface area contributed by atoms with Crippen LogP contribution < -0.4 is 5.32 Å². The summed E-state index contributed by atoms with van der Waals surface area (Å²) in [5, 5.41) is 3.33. The molecule has 0 aliphatic carbocycles. The number of hydrogen-bond acceptors (Lipinski definition) is 2. The van der Waals surface area contributed by atoms with Crippen LogP contribution in [0.3, 0.4) is 0 Å². The Bertz CT molecular complexity index is 269. The van der Waals surface area contributed by atoms with Crippen molar-refractivity contribution in [3.05, 3.63) is 28.5 Å². The van der Waals surface area contributed by atoms with Crippen molar-refractivity contribution in [2.45, 2.75) is 12.3 Å². The van der Waals surface area contributed by atoms with Crippen LogP contribution in [0.25, 0.3) is 0 Å². The van der Waals surface area contributed by atoms with E-state index in [1.807, 2.05) is 12.1 Å². The quantitative estimate of drug-likeness (QED) is 0.741. The molecule has 1 saturated heterocycles. The molecule has 1 N–H and O–H groups in total. The number of hydrogen-bond donors (Lipinski definition) is 1. The van der Waals surface area contributed by atoms with E-state index in [-0.39, 0.29) is 0 Å². The van der Waals surface area contributed by atoms with Gasteiger partial charge in [-0.05, 0) is 41.0 Å². The second kappa shape index (κ2) is 3.54. The van der Waals surface area contributed by atoms with Crippen molar-refractivity contribution in [2.75, 3.05) is 13.1 Å². The van der Waals surface area contributed by atoms with Gasteiger partial charge in [0.2, 0.25) is 0 Å². The predicted molar refractivity (Wildman–Crippen MR) is 52.2 cm³/mol. The van der Waals surface area contributed by atoms with E-state index in [1.165, 1.54) is 12.1 Å². The van der Waals surface area contributed by atoms with Crippen molar-refractivity contribution in [3.8, 4) is 0 Å². The molecule has 1 aromatic heterocycles. The Labute approximate surface area is 80.5 Å². The highest BCUT2D eigenvalue weighted by atomic mass is 79.9. The first-order chi connectivity index (χ1) is 5.86. The molecule has 3 heteroatoms. The van der Waals surface area contributed by atoms with Crippen molar-refractivity contribution in [1.29, 1.82) is 0 Å². The molecule has 1 aliphatic heterocycles. The number of pyridine rings is 1. The summed E-state index contributed by atoms with van der Waals surface area (Å²) in [5.41, 5.74) is 1.20. The number of halogens is 1. The summed E-state index contributed by atoms with van der Waals surface area (Å²) >= 11 is 3.38. The largest absolute Gasteiger partial charge is 0.316 e. The van der Waals surface area contributed by atoms with Gasteiger partial charge in [-0.2, -0.15) is 0 Å². The molecule has 12 heavy (non-hydrogen) atoms. The Hall–Kier alpha value is -0.410. The van der Waals surface area contributed by atoms with Crippen LogP contribution in [0.2, 0.25) is 0 Å². The highest BCUT2D eigenvalue weighted by molar-refractivity contribution is 9.10. The van der Waals surface area contributed by atoms with Crippen LogP contribution >= 0.6 is 15.9 Å². The fourth-order valence-corrected chi connectivity index (χ4v) is 1.92. The van der Waals surface area contributed by atoms with Crippen molar-refractivity contribution in [3.63, 3.8) is 0 Å². The van der Waals surface area contributed by atoms with Crippen LogP contribution in [0.4, 0.5) is 0 Å². The van der Waals surface area contributed by atoms with Crippen molar-refractivity contribution in [1.82, 2.24) is 10.3 Å². The molecule has 0 amide bonds. The zero-order chi connectivity index (χ0) is 8.39. The van der Waals surface area contributed by atoms with Gasteiger partial charge in [-0.1, -0.05) is 6.07 Å². The number of rotatable bonds is 1. The second-order valence-electron chi connectivity index (χ2n) is 3.07. The lowest BCUT2D eigenvalue weighted by atomic mass is 10.0. The van der Waals surface area contributed by atoms with E-state index in [9.17, 15) is 0 Å². The van der Waals surface area contributed by atoms with Gasteiger partial charge in [-0.15, -0.1) is 0 Å². The molecule has 1 atom stereocenters. The molecule has 0 radical (unpaired) electrons. The van der Waals surface area contributed by atoms with Gasteiger partial charge in [-0.25, -0.2) is 4.98 Å². The van der Waals surface area contributed by atoms with Crippen LogP contribution in [-0.2, 0) is 0 Å². The summed E-state index contributed by atoms with van der Waals surface area (Å²) in [7, 11) is 0. The molecular formula is C9H11BrN2. The SMILES string of the molecule is Brc1cccc([C@H]2CCNC2)n1. The van der Waals surface area contributed by atoms with Gasteiger partial charge in [0.25, 0.3) is 0 Å². The van der Waals surface area contributed by atoms with Crippen molar-refractivity contribution < 1.29 is 0 Å². The third-order valence-corrected chi connectivity index (χ3v) is 2.66. The maximum atomic E-state index is 4.43. The number of aromatic nitrogens is 1. The van der Waals surface area contributed by atoms with Gasteiger partial charge in [0.1, 0.15) is 4.60 Å². The van der Waals surface area contributed by atoms with Crippen LogP contribution in [0.15, 0.2) is 22.8 Å². The third kappa shape index (κ3) is 1.67. The smallest absolute Gasteiger partial charge is 0.106 e. The van der Waals surface area contributed by atoms with E-state index >= 15 is 0 Å². The molecule has 1 fully saturated rings. The minimum absolute atomic E-state index is 0.613. The molecule has 0 spiro atoms. The molecule has 2 rings (SSSR count). The number of nitrogens with one attached hydrogen (secondary N) is 1. The number of nitrogens with zero attached hydrogens (tertiary/aromatic N) is 1. The van der Waals surface area contributed by atoms with Gasteiger partial charge >= 0.3 is 0 Å². The fourth-order valence-electron chi connectivity index (χ4n) is 1.56. The van der Waals surface area contributed by atoms with Gasteiger partial charge in [0, 0.05) is 18.2 Å². The van der Waals surface area contributed by atoms with E-state index in [1.54, 1.807) is 0 Å². The Morgan fingerprint density at radius 3 is 3.08 bits per heavy atom. The van der Waals surface area contributed by atoms with Gasteiger partial charge in [0.15, 0.2) is 0 Å². The molecule has 64 valence electrons. The Balaban J connectivity index is 2.21. The molecule has 1 aromatic rings. The van der Waals surface area contributed by atoms with Gasteiger partial charge < -0.3 is 5.32 Å². The van der Waals surface area contributed by atoms with Crippen LogP contribution in [0, 0.1) is 0 Å². The van der Waals surface area contributed by atoms with E-state index in [0.717, 1.165) is 17.7 Å². The topological polar surface area (TPSA) is 24.9 Å². The molecule has 0 aromatic carbocycles. The molecule has 1 aliphatic rings. The van der Waals surface area contributed by atoms with E-state index in [0.29, 0.717) is 5.92 Å². The first-order valence-electron chi connectivity index (χ1n) is 4.19. The van der Waals surface area contributed by atoms with Crippen LogP contribution in [0.1, 0.15) is 18.0 Å². The van der Waals surface area contributed by atoms with E-state index in [2.05, 4.69) is 32.3 Å². The van der Waals surface area contributed by atoms with E-state index in [4.69, 9.17) is 0 Å². The normalized spacial score (nSPS) is 22.9. The highest BCUT2D eigenvalue weighted by Crippen LogP contribution is 2.21. The summed E-state index contributed by atoms with van der Waals surface area (Å²) < 4.78 is 0.937. The summed E-state index contributed by atoms with van der Waals surface area (Å²) in [5.74, 6) is 0.613. The third-order valence-electron chi connectivity index (χ3n) is 2.22. The lowest BCUT2D eigenvalue weighted by molar-refractivity contribution is 0.732. The average molecular weight is 227 g/mol. The Kier molecular flexibility index (Phi) is 2.42. The maximum absolute atomic E-state index is 4.43. The zero-order valence-corrected chi connectivity index (χ0v) is 8.34. The molecule has 0 bridgehead atoms. The highest BCUT2D eigenvalue weighted by Gasteiger charge is 2.17. The molecule has 2 nitrogen and oxygen atoms in total. The molecular weight excluding hydrogens is 216 g/mol. The Morgan fingerprint density at radius 1 is 1.50 bits per heavy atom. The molecule has 2 heterocycles. The first-order valence-corrected chi connectivity index (χ1v) is 4.99. The minimum atomic E-state index is 0.613. The maximum Gasteiger partial charge on any atom is 0.106 e.